The minimum Gasteiger partial charge on any atom is -0.493 e. The van der Waals surface area contributed by atoms with E-state index in [1.165, 1.54) is 12.8 Å². The predicted molar refractivity (Wildman–Crippen MR) is 98.4 cm³/mol. The molecule has 5 nitrogen and oxygen atoms in total. The van der Waals surface area contributed by atoms with Crippen LogP contribution in [0.1, 0.15) is 36.0 Å². The van der Waals surface area contributed by atoms with E-state index in [4.69, 9.17) is 9.47 Å². The number of likely N-dealkylation sites (N-methyl/N-ethyl adjacent to an activating group) is 1. The zero-order valence-corrected chi connectivity index (χ0v) is 15.2. The van der Waals surface area contributed by atoms with Crippen molar-refractivity contribution in [1.29, 1.82) is 0 Å². The lowest BCUT2D eigenvalue weighted by atomic mass is 10.0. The van der Waals surface area contributed by atoms with Crippen LogP contribution in [0.3, 0.4) is 0 Å². The Balaban J connectivity index is 1.78. The fourth-order valence-corrected chi connectivity index (χ4v) is 4.10. The number of hydrogen-bond donors (Lipinski definition) is 0. The zero-order valence-electron chi connectivity index (χ0n) is 15.2. The second kappa shape index (κ2) is 7.91. The Bertz CT molecular complexity index is 631. The number of ether oxygens (including phenoxy) is 2. The molecule has 0 aliphatic carbocycles. The van der Waals surface area contributed by atoms with Crippen LogP contribution < -0.4 is 9.47 Å². The van der Waals surface area contributed by atoms with E-state index in [-0.39, 0.29) is 5.91 Å². The van der Waals surface area contributed by atoms with Gasteiger partial charge in [0.1, 0.15) is 6.61 Å². The van der Waals surface area contributed by atoms with Crippen LogP contribution in [0.25, 0.3) is 0 Å². The van der Waals surface area contributed by atoms with Crippen molar-refractivity contribution in [2.75, 3.05) is 33.9 Å². The SMILES string of the molecule is C=CCOc1ccc(C(=O)N2CCC[C@@H]2[C@H]2CCCN2C)cc1OC. The van der Waals surface area contributed by atoms with Crippen LogP contribution >= 0.6 is 0 Å². The smallest absolute Gasteiger partial charge is 0.254 e. The van der Waals surface area contributed by atoms with Gasteiger partial charge in [-0.05, 0) is 57.5 Å². The van der Waals surface area contributed by atoms with Crippen molar-refractivity contribution in [3.8, 4) is 11.5 Å². The largest absolute Gasteiger partial charge is 0.493 e. The summed E-state index contributed by atoms with van der Waals surface area (Å²) in [6.07, 6.45) is 6.27. The number of likely N-dealkylation sites (tertiary alicyclic amines) is 2. The summed E-state index contributed by atoms with van der Waals surface area (Å²) >= 11 is 0. The lowest BCUT2D eigenvalue weighted by Crippen LogP contribution is -2.47. The van der Waals surface area contributed by atoms with Gasteiger partial charge < -0.3 is 19.3 Å². The molecule has 25 heavy (non-hydrogen) atoms. The number of nitrogens with zero attached hydrogens (tertiary/aromatic N) is 2. The maximum absolute atomic E-state index is 13.1. The third-order valence-corrected chi connectivity index (χ3v) is 5.35. The topological polar surface area (TPSA) is 42.0 Å². The van der Waals surface area contributed by atoms with Crippen molar-refractivity contribution in [3.05, 3.63) is 36.4 Å². The zero-order chi connectivity index (χ0) is 17.8. The summed E-state index contributed by atoms with van der Waals surface area (Å²) in [6.45, 7) is 6.03. The van der Waals surface area contributed by atoms with Gasteiger partial charge in [0.2, 0.25) is 0 Å². The van der Waals surface area contributed by atoms with Crippen LogP contribution in [0.5, 0.6) is 11.5 Å². The van der Waals surface area contributed by atoms with E-state index < -0.39 is 0 Å². The molecule has 2 saturated heterocycles. The van der Waals surface area contributed by atoms with Gasteiger partial charge >= 0.3 is 0 Å². The van der Waals surface area contributed by atoms with Gasteiger partial charge in [-0.1, -0.05) is 12.7 Å². The Morgan fingerprint density at radius 3 is 2.68 bits per heavy atom. The number of carbonyl (C=O) groups is 1. The number of methoxy groups -OCH3 is 1. The second-order valence-corrected chi connectivity index (χ2v) is 6.86. The number of rotatable bonds is 6. The highest BCUT2D eigenvalue weighted by Gasteiger charge is 2.38. The maximum Gasteiger partial charge on any atom is 0.254 e. The lowest BCUT2D eigenvalue weighted by Gasteiger charge is -2.33. The monoisotopic (exact) mass is 344 g/mol. The fraction of sp³-hybridized carbons (Fsp3) is 0.550. The van der Waals surface area contributed by atoms with Gasteiger partial charge in [0.15, 0.2) is 11.5 Å². The van der Waals surface area contributed by atoms with Crippen LogP contribution in [0.4, 0.5) is 0 Å². The summed E-state index contributed by atoms with van der Waals surface area (Å²) in [5.41, 5.74) is 0.662. The Morgan fingerprint density at radius 2 is 2.00 bits per heavy atom. The third kappa shape index (κ3) is 3.66. The molecule has 0 aromatic heterocycles. The average molecular weight is 344 g/mol. The van der Waals surface area contributed by atoms with Gasteiger partial charge in [0, 0.05) is 24.2 Å². The van der Waals surface area contributed by atoms with Crippen molar-refractivity contribution < 1.29 is 14.3 Å². The van der Waals surface area contributed by atoms with Crippen molar-refractivity contribution in [2.45, 2.75) is 37.8 Å². The highest BCUT2D eigenvalue weighted by atomic mass is 16.5. The molecular weight excluding hydrogens is 316 g/mol. The molecule has 136 valence electrons. The normalized spacial score (nSPS) is 23.7. The molecule has 1 aromatic carbocycles. The van der Waals surface area contributed by atoms with Crippen LogP contribution in [0.2, 0.25) is 0 Å². The molecule has 5 heteroatoms. The van der Waals surface area contributed by atoms with Crippen LogP contribution in [0.15, 0.2) is 30.9 Å². The first kappa shape index (κ1) is 17.8. The molecule has 2 fully saturated rings. The highest BCUT2D eigenvalue weighted by molar-refractivity contribution is 5.95. The first-order chi connectivity index (χ1) is 12.2. The predicted octanol–water partition coefficient (Wildman–Crippen LogP) is 2.96. The summed E-state index contributed by atoms with van der Waals surface area (Å²) in [7, 11) is 3.77. The van der Waals surface area contributed by atoms with E-state index >= 15 is 0 Å². The number of benzene rings is 1. The molecule has 0 spiro atoms. The van der Waals surface area contributed by atoms with Crippen molar-refractivity contribution in [1.82, 2.24) is 9.80 Å². The highest BCUT2D eigenvalue weighted by Crippen LogP contribution is 2.32. The average Bonchev–Trinajstić information content (AvgIpc) is 3.27. The minimum atomic E-state index is 0.0939. The Hall–Kier alpha value is -2.01. The standard InChI is InChI=1S/C20H28N2O3/c1-4-13-25-18-10-9-15(14-19(18)24-3)20(23)22-12-6-8-17(22)16-7-5-11-21(16)2/h4,9-10,14,16-17H,1,5-8,11-13H2,2-3H3/t16-,17-/m1/s1. The molecule has 0 unspecified atom stereocenters. The molecule has 2 heterocycles. The van der Waals surface area contributed by atoms with Crippen LogP contribution in [0, 0.1) is 0 Å². The van der Waals surface area contributed by atoms with Gasteiger partial charge in [-0.25, -0.2) is 0 Å². The summed E-state index contributed by atoms with van der Waals surface area (Å²) in [4.78, 5) is 17.6. The molecule has 0 bridgehead atoms. The molecule has 0 saturated carbocycles. The van der Waals surface area contributed by atoms with Gasteiger partial charge in [-0.15, -0.1) is 0 Å². The number of amides is 1. The molecule has 2 atom stereocenters. The minimum absolute atomic E-state index is 0.0939. The van der Waals surface area contributed by atoms with Gasteiger partial charge in [0.25, 0.3) is 5.91 Å². The molecular formula is C20H28N2O3. The number of carbonyl (C=O) groups excluding carboxylic acids is 1. The molecule has 0 radical (unpaired) electrons. The summed E-state index contributed by atoms with van der Waals surface area (Å²) in [6, 6.07) is 6.24. The molecule has 2 aliphatic heterocycles. The first-order valence-corrected chi connectivity index (χ1v) is 9.08. The Kier molecular flexibility index (Phi) is 5.63. The van der Waals surface area contributed by atoms with E-state index in [1.807, 2.05) is 12.1 Å². The first-order valence-electron chi connectivity index (χ1n) is 9.08. The van der Waals surface area contributed by atoms with Gasteiger partial charge in [-0.2, -0.15) is 0 Å². The lowest BCUT2D eigenvalue weighted by molar-refractivity contribution is 0.0664. The van der Waals surface area contributed by atoms with E-state index in [0.717, 1.165) is 25.9 Å². The summed E-state index contributed by atoms with van der Waals surface area (Å²) in [5, 5.41) is 0. The molecule has 1 amide bonds. The van der Waals surface area contributed by atoms with Crippen molar-refractivity contribution in [3.63, 3.8) is 0 Å². The van der Waals surface area contributed by atoms with E-state index in [1.54, 1.807) is 19.3 Å². The molecule has 1 aromatic rings. The van der Waals surface area contributed by atoms with Gasteiger partial charge in [-0.3, -0.25) is 4.79 Å². The van der Waals surface area contributed by atoms with E-state index in [0.29, 0.717) is 35.8 Å². The summed E-state index contributed by atoms with van der Waals surface area (Å²) in [5.74, 6) is 1.31. The fourth-order valence-electron chi connectivity index (χ4n) is 4.10. The second-order valence-electron chi connectivity index (χ2n) is 6.86. The van der Waals surface area contributed by atoms with E-state index in [9.17, 15) is 4.79 Å². The van der Waals surface area contributed by atoms with Crippen molar-refractivity contribution in [2.24, 2.45) is 0 Å². The third-order valence-electron chi connectivity index (χ3n) is 5.35. The molecule has 3 rings (SSSR count). The van der Waals surface area contributed by atoms with Gasteiger partial charge in [0.05, 0.1) is 7.11 Å². The molecule has 2 aliphatic rings. The van der Waals surface area contributed by atoms with Crippen LogP contribution in [-0.2, 0) is 0 Å². The number of hydrogen-bond acceptors (Lipinski definition) is 4. The summed E-state index contributed by atoms with van der Waals surface area (Å²) < 4.78 is 11.0. The Labute approximate surface area is 150 Å². The quantitative estimate of drug-likeness (QED) is 0.744. The Morgan fingerprint density at radius 1 is 1.24 bits per heavy atom. The maximum atomic E-state index is 13.1. The van der Waals surface area contributed by atoms with E-state index in [2.05, 4.69) is 23.4 Å². The van der Waals surface area contributed by atoms with Crippen LogP contribution in [-0.4, -0.2) is 61.6 Å². The van der Waals surface area contributed by atoms with Crippen molar-refractivity contribution >= 4 is 5.91 Å². The molecule has 0 N–H and O–H groups in total.